The van der Waals surface area contributed by atoms with Crippen LogP contribution in [0.4, 0.5) is 0 Å². The molecule has 0 spiro atoms. The third kappa shape index (κ3) is 3.33. The monoisotopic (exact) mass is 364 g/mol. The van der Waals surface area contributed by atoms with Gasteiger partial charge in [0, 0.05) is 34.3 Å². The lowest BCUT2D eigenvalue weighted by Crippen LogP contribution is -2.20. The fourth-order valence-corrected chi connectivity index (χ4v) is 3.25. The molecule has 0 aliphatic rings. The number of methoxy groups -OCH3 is 1. The molecule has 6 nitrogen and oxygen atoms in total. The number of hydrogen-bond acceptors (Lipinski definition) is 5. The lowest BCUT2D eigenvalue weighted by atomic mass is 10.0. The summed E-state index contributed by atoms with van der Waals surface area (Å²) in [6.07, 6.45) is 0.881. The number of oxime groups is 1. The maximum absolute atomic E-state index is 12.2. The fraction of sp³-hybridized carbons (Fsp3) is 0.190. The maximum Gasteiger partial charge on any atom is 0.360 e. The molecule has 138 valence electrons. The van der Waals surface area contributed by atoms with Crippen LogP contribution in [-0.2, 0) is 20.9 Å². The van der Waals surface area contributed by atoms with E-state index in [9.17, 15) is 9.59 Å². The van der Waals surface area contributed by atoms with E-state index in [1.54, 1.807) is 6.07 Å². The molecule has 6 heteroatoms. The second kappa shape index (κ2) is 7.86. The molecule has 27 heavy (non-hydrogen) atoms. The van der Waals surface area contributed by atoms with Crippen molar-refractivity contribution in [2.75, 3.05) is 14.2 Å². The SMILES string of the molecule is CO/N=C(/C(=O)OC)c1ccccc1Cn1c(C)c(C=O)c2ccccc21. The molecule has 1 aromatic heterocycles. The van der Waals surface area contributed by atoms with Gasteiger partial charge in [-0.3, -0.25) is 4.79 Å². The molecule has 0 unspecified atom stereocenters. The van der Waals surface area contributed by atoms with Gasteiger partial charge in [0.2, 0.25) is 0 Å². The van der Waals surface area contributed by atoms with Gasteiger partial charge in [0.1, 0.15) is 7.11 Å². The van der Waals surface area contributed by atoms with Crippen molar-refractivity contribution in [1.82, 2.24) is 4.57 Å². The molecule has 3 rings (SSSR count). The zero-order valence-corrected chi connectivity index (χ0v) is 15.4. The van der Waals surface area contributed by atoms with Crippen molar-refractivity contribution in [2.45, 2.75) is 13.5 Å². The van der Waals surface area contributed by atoms with Crippen LogP contribution in [-0.4, -0.2) is 36.8 Å². The van der Waals surface area contributed by atoms with Crippen molar-refractivity contribution in [2.24, 2.45) is 5.16 Å². The summed E-state index contributed by atoms with van der Waals surface area (Å²) >= 11 is 0. The average molecular weight is 364 g/mol. The van der Waals surface area contributed by atoms with Crippen molar-refractivity contribution >= 4 is 28.9 Å². The molecule has 0 saturated carbocycles. The Morgan fingerprint density at radius 2 is 1.81 bits per heavy atom. The van der Waals surface area contributed by atoms with Gasteiger partial charge in [-0.2, -0.15) is 0 Å². The standard InChI is InChI=1S/C21H20N2O4/c1-14-18(13-24)17-10-6-7-11-19(17)23(14)12-15-8-4-5-9-16(15)20(22-27-3)21(25)26-2/h4-11,13H,12H2,1-3H3/b22-20+. The van der Waals surface area contributed by atoms with Crippen LogP contribution < -0.4 is 0 Å². The van der Waals surface area contributed by atoms with Crippen LogP contribution in [0.2, 0.25) is 0 Å². The van der Waals surface area contributed by atoms with E-state index < -0.39 is 5.97 Å². The molecular formula is C21H20N2O4. The number of aldehydes is 1. The van der Waals surface area contributed by atoms with Gasteiger partial charge in [0.25, 0.3) is 0 Å². The van der Waals surface area contributed by atoms with E-state index >= 15 is 0 Å². The average Bonchev–Trinajstić information content (AvgIpc) is 2.97. The predicted molar refractivity (Wildman–Crippen MR) is 103 cm³/mol. The number of esters is 1. The molecular weight excluding hydrogens is 344 g/mol. The van der Waals surface area contributed by atoms with Crippen LogP contribution in [0.3, 0.4) is 0 Å². The molecule has 0 N–H and O–H groups in total. The number of para-hydroxylation sites is 1. The zero-order chi connectivity index (χ0) is 19.4. The first-order valence-electron chi connectivity index (χ1n) is 8.43. The zero-order valence-electron chi connectivity index (χ0n) is 15.4. The second-order valence-corrected chi connectivity index (χ2v) is 5.99. The summed E-state index contributed by atoms with van der Waals surface area (Å²) in [7, 11) is 2.68. The lowest BCUT2D eigenvalue weighted by molar-refractivity contribution is -0.132. The third-order valence-electron chi connectivity index (χ3n) is 4.56. The lowest BCUT2D eigenvalue weighted by Gasteiger charge is -2.13. The smallest absolute Gasteiger partial charge is 0.360 e. The Labute approximate surface area is 157 Å². The van der Waals surface area contributed by atoms with Crippen LogP contribution in [0, 0.1) is 6.92 Å². The second-order valence-electron chi connectivity index (χ2n) is 5.99. The summed E-state index contributed by atoms with van der Waals surface area (Å²) in [5.41, 5.74) is 4.07. The van der Waals surface area contributed by atoms with Crippen LogP contribution >= 0.6 is 0 Å². The van der Waals surface area contributed by atoms with Gasteiger partial charge in [-0.25, -0.2) is 4.79 Å². The first kappa shape index (κ1) is 18.4. The van der Waals surface area contributed by atoms with Gasteiger partial charge >= 0.3 is 5.97 Å². The molecule has 0 aliphatic heterocycles. The Kier molecular flexibility index (Phi) is 5.35. The minimum absolute atomic E-state index is 0.0975. The summed E-state index contributed by atoms with van der Waals surface area (Å²) in [6, 6.07) is 15.2. The number of benzene rings is 2. The van der Waals surface area contributed by atoms with E-state index in [0.29, 0.717) is 17.7 Å². The van der Waals surface area contributed by atoms with Gasteiger partial charge in [0.15, 0.2) is 12.0 Å². The molecule has 0 bridgehead atoms. The summed E-state index contributed by atoms with van der Waals surface area (Å²) in [5.74, 6) is -0.577. The summed E-state index contributed by atoms with van der Waals surface area (Å²) < 4.78 is 6.89. The summed E-state index contributed by atoms with van der Waals surface area (Å²) in [4.78, 5) is 28.6. The molecule has 1 heterocycles. The molecule has 2 aromatic carbocycles. The molecule has 0 fully saturated rings. The van der Waals surface area contributed by atoms with E-state index in [4.69, 9.17) is 9.57 Å². The molecule has 0 radical (unpaired) electrons. The summed E-state index contributed by atoms with van der Waals surface area (Å²) in [5, 5.41) is 4.75. The highest BCUT2D eigenvalue weighted by atomic mass is 16.6. The fourth-order valence-electron chi connectivity index (χ4n) is 3.25. The number of ether oxygens (including phenoxy) is 1. The van der Waals surface area contributed by atoms with Crippen molar-refractivity contribution in [3.05, 3.63) is 70.9 Å². The summed E-state index contributed by atoms with van der Waals surface area (Å²) in [6.45, 7) is 2.38. The number of aromatic nitrogens is 1. The number of nitrogens with zero attached hydrogens (tertiary/aromatic N) is 2. The van der Waals surface area contributed by atoms with Crippen molar-refractivity contribution in [3.63, 3.8) is 0 Å². The van der Waals surface area contributed by atoms with E-state index in [-0.39, 0.29) is 5.71 Å². The number of carbonyl (C=O) groups excluding carboxylic acids is 2. The van der Waals surface area contributed by atoms with Gasteiger partial charge < -0.3 is 14.1 Å². The Hall–Kier alpha value is -3.41. The van der Waals surface area contributed by atoms with Crippen LogP contribution in [0.15, 0.2) is 53.7 Å². The van der Waals surface area contributed by atoms with Gasteiger partial charge in [0.05, 0.1) is 7.11 Å². The van der Waals surface area contributed by atoms with Crippen molar-refractivity contribution in [1.29, 1.82) is 0 Å². The molecule has 0 atom stereocenters. The van der Waals surface area contributed by atoms with Crippen LogP contribution in [0.25, 0.3) is 10.9 Å². The normalized spacial score (nSPS) is 11.4. The first-order valence-corrected chi connectivity index (χ1v) is 8.43. The van der Waals surface area contributed by atoms with Gasteiger partial charge in [-0.15, -0.1) is 0 Å². The molecule has 0 amide bonds. The number of rotatable bonds is 6. The highest BCUT2D eigenvalue weighted by Crippen LogP contribution is 2.26. The predicted octanol–water partition coefficient (Wildman–Crippen LogP) is 3.33. The number of fused-ring (bicyclic) bond motifs is 1. The topological polar surface area (TPSA) is 69.9 Å². The Morgan fingerprint density at radius 3 is 2.52 bits per heavy atom. The Balaban J connectivity index is 2.15. The molecule has 3 aromatic rings. The van der Waals surface area contributed by atoms with Gasteiger partial charge in [-0.05, 0) is 18.6 Å². The van der Waals surface area contributed by atoms with Crippen LogP contribution in [0.5, 0.6) is 0 Å². The Morgan fingerprint density at radius 1 is 1.11 bits per heavy atom. The minimum Gasteiger partial charge on any atom is -0.464 e. The van der Waals surface area contributed by atoms with E-state index in [1.807, 2.05) is 49.4 Å². The minimum atomic E-state index is -0.577. The van der Waals surface area contributed by atoms with Crippen molar-refractivity contribution < 1.29 is 19.2 Å². The van der Waals surface area contributed by atoms with Crippen LogP contribution in [0.1, 0.15) is 27.2 Å². The molecule has 0 aliphatic carbocycles. The largest absolute Gasteiger partial charge is 0.464 e. The van der Waals surface area contributed by atoms with Crippen molar-refractivity contribution in [3.8, 4) is 0 Å². The third-order valence-corrected chi connectivity index (χ3v) is 4.56. The maximum atomic E-state index is 12.2. The van der Waals surface area contributed by atoms with E-state index in [2.05, 4.69) is 9.72 Å². The van der Waals surface area contributed by atoms with Gasteiger partial charge in [-0.1, -0.05) is 47.6 Å². The molecule has 0 saturated heterocycles. The first-order chi connectivity index (χ1) is 13.1. The number of hydrogen-bond donors (Lipinski definition) is 0. The highest BCUT2D eigenvalue weighted by Gasteiger charge is 2.20. The van der Waals surface area contributed by atoms with E-state index in [0.717, 1.165) is 28.4 Å². The quantitative estimate of drug-likeness (QED) is 0.291. The number of carbonyl (C=O) groups is 2. The van der Waals surface area contributed by atoms with E-state index in [1.165, 1.54) is 14.2 Å². The Bertz CT molecular complexity index is 1030. The highest BCUT2D eigenvalue weighted by molar-refractivity contribution is 6.43.